The van der Waals surface area contributed by atoms with Crippen molar-refractivity contribution in [2.24, 2.45) is 5.92 Å². The van der Waals surface area contributed by atoms with Crippen LogP contribution in [0.1, 0.15) is 41.0 Å². The van der Waals surface area contributed by atoms with Crippen molar-refractivity contribution in [2.75, 3.05) is 32.4 Å². The summed E-state index contributed by atoms with van der Waals surface area (Å²) in [5.74, 6) is 0.332. The molecule has 2 saturated heterocycles. The molecule has 2 aromatic heterocycles. The van der Waals surface area contributed by atoms with E-state index in [2.05, 4.69) is 15.1 Å². The third-order valence-electron chi connectivity index (χ3n) is 5.44. The van der Waals surface area contributed by atoms with Crippen LogP contribution in [0.15, 0.2) is 22.9 Å². The Morgan fingerprint density at radius 1 is 1.31 bits per heavy atom. The number of likely N-dealkylation sites (tertiary alicyclic amines) is 1. The SMILES string of the molecule is CS(=O)(=O)N1CCC(c2noc(CC3CN(C(=O)c4ncccc4F)C3)n2)CC1. The maximum atomic E-state index is 13.7. The predicted octanol–water partition coefficient (Wildman–Crippen LogP) is 1.06. The summed E-state index contributed by atoms with van der Waals surface area (Å²) in [6.45, 7) is 1.88. The van der Waals surface area contributed by atoms with E-state index < -0.39 is 21.7 Å². The fraction of sp³-hybridized carbons (Fsp3) is 0.556. The van der Waals surface area contributed by atoms with E-state index in [1.807, 2.05) is 0 Å². The highest BCUT2D eigenvalue weighted by molar-refractivity contribution is 7.88. The summed E-state index contributed by atoms with van der Waals surface area (Å²) in [5.41, 5.74) is -0.161. The number of carbonyl (C=O) groups is 1. The molecule has 1 amide bonds. The van der Waals surface area contributed by atoms with Crippen LogP contribution in [0, 0.1) is 11.7 Å². The van der Waals surface area contributed by atoms with Crippen molar-refractivity contribution >= 4 is 15.9 Å². The van der Waals surface area contributed by atoms with Gasteiger partial charge < -0.3 is 9.42 Å². The van der Waals surface area contributed by atoms with Gasteiger partial charge in [-0.2, -0.15) is 4.98 Å². The van der Waals surface area contributed by atoms with Crippen molar-refractivity contribution in [1.82, 2.24) is 24.3 Å². The van der Waals surface area contributed by atoms with E-state index in [9.17, 15) is 17.6 Å². The first-order valence-corrected chi connectivity index (χ1v) is 11.3. The molecule has 0 aliphatic carbocycles. The van der Waals surface area contributed by atoms with Crippen LogP contribution in [0.3, 0.4) is 0 Å². The van der Waals surface area contributed by atoms with Gasteiger partial charge in [-0.25, -0.2) is 22.1 Å². The maximum absolute atomic E-state index is 13.7. The minimum Gasteiger partial charge on any atom is -0.339 e. The molecule has 0 unspecified atom stereocenters. The molecule has 0 aromatic carbocycles. The van der Waals surface area contributed by atoms with Gasteiger partial charge >= 0.3 is 0 Å². The van der Waals surface area contributed by atoms with Crippen molar-refractivity contribution < 1.29 is 22.1 Å². The topological polar surface area (TPSA) is 110 Å². The van der Waals surface area contributed by atoms with Crippen LogP contribution in [-0.2, 0) is 16.4 Å². The van der Waals surface area contributed by atoms with Crippen LogP contribution < -0.4 is 0 Å². The number of sulfonamides is 1. The Balaban J connectivity index is 1.28. The second kappa shape index (κ2) is 7.79. The van der Waals surface area contributed by atoms with E-state index in [4.69, 9.17) is 4.52 Å². The Morgan fingerprint density at radius 3 is 2.69 bits per heavy atom. The van der Waals surface area contributed by atoms with E-state index in [0.717, 1.165) is 0 Å². The molecule has 0 atom stereocenters. The average molecular weight is 423 g/mol. The summed E-state index contributed by atoms with van der Waals surface area (Å²) in [6.07, 6.45) is 4.48. The maximum Gasteiger partial charge on any atom is 0.275 e. The summed E-state index contributed by atoms with van der Waals surface area (Å²) in [4.78, 5) is 22.1. The Bertz CT molecular complexity index is 997. The van der Waals surface area contributed by atoms with Crippen LogP contribution in [-0.4, -0.2) is 71.1 Å². The number of carbonyl (C=O) groups excluding carboxylic acids is 1. The highest BCUT2D eigenvalue weighted by atomic mass is 32.2. The number of halogens is 1. The summed E-state index contributed by atoms with van der Waals surface area (Å²) in [5, 5.41) is 4.06. The molecule has 0 saturated carbocycles. The number of hydrogen-bond acceptors (Lipinski definition) is 7. The highest BCUT2D eigenvalue weighted by Gasteiger charge is 2.35. The fourth-order valence-electron chi connectivity index (χ4n) is 3.77. The molecule has 4 rings (SSSR count). The largest absolute Gasteiger partial charge is 0.339 e. The molecule has 0 radical (unpaired) electrons. The lowest BCUT2D eigenvalue weighted by atomic mass is 9.95. The van der Waals surface area contributed by atoms with Gasteiger partial charge in [0, 0.05) is 50.6 Å². The lowest BCUT2D eigenvalue weighted by Crippen LogP contribution is -2.51. The summed E-state index contributed by atoms with van der Waals surface area (Å²) in [6, 6.07) is 2.67. The molecular formula is C18H22FN5O4S. The van der Waals surface area contributed by atoms with E-state index in [1.54, 1.807) is 4.90 Å². The highest BCUT2D eigenvalue weighted by Crippen LogP contribution is 2.28. The zero-order valence-corrected chi connectivity index (χ0v) is 16.8. The molecule has 0 spiro atoms. The van der Waals surface area contributed by atoms with Crippen molar-refractivity contribution in [3.05, 3.63) is 41.6 Å². The van der Waals surface area contributed by atoms with Crippen LogP contribution >= 0.6 is 0 Å². The number of rotatable bonds is 5. The monoisotopic (exact) mass is 423 g/mol. The van der Waals surface area contributed by atoms with E-state index in [-0.39, 0.29) is 17.5 Å². The lowest BCUT2D eigenvalue weighted by molar-refractivity contribution is 0.0475. The molecule has 9 nitrogen and oxygen atoms in total. The first-order chi connectivity index (χ1) is 13.8. The summed E-state index contributed by atoms with van der Waals surface area (Å²) < 4.78 is 43.7. The molecule has 2 aromatic rings. The third kappa shape index (κ3) is 4.30. The lowest BCUT2D eigenvalue weighted by Gasteiger charge is -2.38. The second-order valence-corrected chi connectivity index (χ2v) is 9.58. The standard InChI is InChI=1S/C18H22FN5O4S/c1-29(26,27)24-7-4-13(5-8-24)17-21-15(28-22-17)9-12-10-23(11-12)18(25)16-14(19)3-2-6-20-16/h2-3,6,12-13H,4-5,7-11H2,1H3. The molecule has 156 valence electrons. The second-order valence-electron chi connectivity index (χ2n) is 7.60. The predicted molar refractivity (Wildman–Crippen MR) is 100.0 cm³/mol. The van der Waals surface area contributed by atoms with Gasteiger partial charge in [-0.1, -0.05) is 5.16 Å². The normalized spacial score (nSPS) is 19.3. The quantitative estimate of drug-likeness (QED) is 0.707. The minimum absolute atomic E-state index is 0.0806. The zero-order valence-electron chi connectivity index (χ0n) is 16.0. The van der Waals surface area contributed by atoms with Gasteiger partial charge in [0.25, 0.3) is 5.91 Å². The number of pyridine rings is 1. The van der Waals surface area contributed by atoms with Crippen LogP contribution in [0.4, 0.5) is 4.39 Å². The molecule has 2 aliphatic heterocycles. The van der Waals surface area contributed by atoms with Crippen molar-refractivity contribution in [3.63, 3.8) is 0 Å². The third-order valence-corrected chi connectivity index (χ3v) is 6.74. The van der Waals surface area contributed by atoms with E-state index >= 15 is 0 Å². The Hall–Kier alpha value is -2.40. The first kappa shape index (κ1) is 19.9. The molecule has 29 heavy (non-hydrogen) atoms. The van der Waals surface area contributed by atoms with E-state index in [1.165, 1.54) is 28.9 Å². The Kier molecular flexibility index (Phi) is 5.34. The molecule has 11 heteroatoms. The van der Waals surface area contributed by atoms with Crippen molar-refractivity contribution in [1.29, 1.82) is 0 Å². The van der Waals surface area contributed by atoms with Gasteiger partial charge in [0.1, 0.15) is 0 Å². The first-order valence-electron chi connectivity index (χ1n) is 9.48. The van der Waals surface area contributed by atoms with Crippen LogP contribution in [0.2, 0.25) is 0 Å². The fourth-order valence-corrected chi connectivity index (χ4v) is 4.64. The summed E-state index contributed by atoms with van der Waals surface area (Å²) in [7, 11) is -3.16. The minimum atomic E-state index is -3.16. The number of amides is 1. The molecule has 2 aliphatic rings. The number of nitrogens with zero attached hydrogens (tertiary/aromatic N) is 5. The van der Waals surface area contributed by atoms with E-state index in [0.29, 0.717) is 57.2 Å². The van der Waals surface area contributed by atoms with Crippen molar-refractivity contribution in [2.45, 2.75) is 25.2 Å². The summed E-state index contributed by atoms with van der Waals surface area (Å²) >= 11 is 0. The van der Waals surface area contributed by atoms with Gasteiger partial charge in [-0.3, -0.25) is 4.79 Å². The Labute approximate surface area is 168 Å². The van der Waals surface area contributed by atoms with Crippen LogP contribution in [0.25, 0.3) is 0 Å². The zero-order chi connectivity index (χ0) is 20.6. The molecular weight excluding hydrogens is 401 g/mol. The van der Waals surface area contributed by atoms with Gasteiger partial charge in [0.2, 0.25) is 15.9 Å². The number of piperidine rings is 1. The van der Waals surface area contributed by atoms with Gasteiger partial charge in [0.15, 0.2) is 17.3 Å². The molecule has 0 N–H and O–H groups in total. The number of hydrogen-bond donors (Lipinski definition) is 0. The van der Waals surface area contributed by atoms with Crippen molar-refractivity contribution in [3.8, 4) is 0 Å². The molecule has 0 bridgehead atoms. The van der Waals surface area contributed by atoms with Gasteiger partial charge in [-0.05, 0) is 25.0 Å². The molecule has 2 fully saturated rings. The smallest absolute Gasteiger partial charge is 0.275 e. The Morgan fingerprint density at radius 2 is 2.03 bits per heavy atom. The number of aromatic nitrogens is 3. The average Bonchev–Trinajstić information content (AvgIpc) is 3.12. The van der Waals surface area contributed by atoms with Gasteiger partial charge in [-0.15, -0.1) is 0 Å². The van der Waals surface area contributed by atoms with Crippen LogP contribution in [0.5, 0.6) is 0 Å². The molecule has 4 heterocycles. The van der Waals surface area contributed by atoms with Gasteiger partial charge in [0.05, 0.1) is 6.26 Å².